The van der Waals surface area contributed by atoms with Gasteiger partial charge in [-0.05, 0) is 63.2 Å². The molecule has 0 bridgehead atoms. The zero-order chi connectivity index (χ0) is 23.3. The fourth-order valence-electron chi connectivity index (χ4n) is 6.70. The summed E-state index contributed by atoms with van der Waals surface area (Å²) in [6, 6.07) is 0. The summed E-state index contributed by atoms with van der Waals surface area (Å²) in [4.78, 5) is 23.9. The van der Waals surface area contributed by atoms with Crippen molar-refractivity contribution < 1.29 is 28.5 Å². The minimum Gasteiger partial charge on any atom is -0.458 e. The van der Waals surface area contributed by atoms with E-state index in [4.69, 9.17) is 30.5 Å². The highest BCUT2D eigenvalue weighted by molar-refractivity contribution is 6.26. The molecule has 6 atom stereocenters. The van der Waals surface area contributed by atoms with Crippen molar-refractivity contribution >= 4 is 23.5 Å². The van der Waals surface area contributed by atoms with Gasteiger partial charge in [0.05, 0.1) is 18.3 Å². The molecule has 0 unspecified atom stereocenters. The number of esters is 2. The molecular weight excluding hydrogens is 432 g/mol. The SMILES string of the molecule is C=C1CC[C@@H]2[C@]3(C)COC(C)(C)O[C@@H]3CC[C@@]2(C)[C@@H]1C/C=C1/C(=O)OC[C@H]1OC(=O)CCl. The lowest BCUT2D eigenvalue weighted by Gasteiger charge is -2.63. The van der Waals surface area contributed by atoms with Crippen molar-refractivity contribution in [2.75, 3.05) is 19.1 Å². The third-order valence-electron chi connectivity index (χ3n) is 8.38. The standard InChI is InChI=1S/C25H35ClO6/c1-15-6-9-19-24(4,11-10-20-25(19,5)14-30-23(2,3)32-20)17(15)8-7-16-18(13-29-22(16)28)31-21(27)12-26/h7,17-20H,1,6,8-14H2,2-5H3/b16-7+/t17-,18-,19+,20-,24+,25+/m1/s1. The molecule has 178 valence electrons. The van der Waals surface area contributed by atoms with Gasteiger partial charge in [-0.1, -0.05) is 32.1 Å². The van der Waals surface area contributed by atoms with Gasteiger partial charge in [0.25, 0.3) is 0 Å². The van der Waals surface area contributed by atoms with E-state index in [9.17, 15) is 9.59 Å². The first-order chi connectivity index (χ1) is 15.0. The Labute approximate surface area is 195 Å². The number of carbonyl (C=O) groups excluding carboxylic acids is 2. The van der Waals surface area contributed by atoms with Crippen LogP contribution in [-0.4, -0.2) is 49.0 Å². The number of ether oxygens (including phenoxy) is 4. The maximum atomic E-state index is 12.3. The predicted octanol–water partition coefficient (Wildman–Crippen LogP) is 4.55. The molecule has 2 saturated heterocycles. The average molecular weight is 467 g/mol. The molecule has 4 rings (SSSR count). The molecule has 0 aromatic carbocycles. The van der Waals surface area contributed by atoms with Crippen LogP contribution in [-0.2, 0) is 28.5 Å². The first-order valence-electron chi connectivity index (χ1n) is 11.6. The zero-order valence-electron chi connectivity index (χ0n) is 19.6. The maximum Gasteiger partial charge on any atom is 0.337 e. The van der Waals surface area contributed by atoms with Gasteiger partial charge in [0.15, 0.2) is 11.9 Å². The maximum absolute atomic E-state index is 12.3. The largest absolute Gasteiger partial charge is 0.458 e. The van der Waals surface area contributed by atoms with Crippen molar-refractivity contribution in [1.82, 2.24) is 0 Å². The molecule has 32 heavy (non-hydrogen) atoms. The third kappa shape index (κ3) is 4.03. The van der Waals surface area contributed by atoms with Crippen LogP contribution in [0.1, 0.15) is 59.8 Å². The van der Waals surface area contributed by atoms with Crippen LogP contribution in [0.15, 0.2) is 23.8 Å². The Balaban J connectivity index is 1.57. The van der Waals surface area contributed by atoms with E-state index in [1.807, 2.05) is 19.9 Å². The number of rotatable bonds is 4. The summed E-state index contributed by atoms with van der Waals surface area (Å²) in [5, 5.41) is 0. The Bertz CT molecular complexity index is 834. The lowest BCUT2D eigenvalue weighted by molar-refractivity contribution is -0.344. The van der Waals surface area contributed by atoms with E-state index < -0.39 is 23.8 Å². The van der Waals surface area contributed by atoms with Gasteiger partial charge in [0.1, 0.15) is 12.5 Å². The number of hydrogen-bond acceptors (Lipinski definition) is 6. The summed E-state index contributed by atoms with van der Waals surface area (Å²) >= 11 is 5.56. The van der Waals surface area contributed by atoms with Crippen molar-refractivity contribution in [2.24, 2.45) is 22.7 Å². The summed E-state index contributed by atoms with van der Waals surface area (Å²) < 4.78 is 23.0. The second-order valence-corrected chi connectivity index (χ2v) is 11.0. The predicted molar refractivity (Wildman–Crippen MR) is 120 cm³/mol. The molecule has 0 spiro atoms. The molecule has 2 aliphatic heterocycles. The highest BCUT2D eigenvalue weighted by Crippen LogP contribution is 2.63. The van der Waals surface area contributed by atoms with Gasteiger partial charge < -0.3 is 18.9 Å². The minimum atomic E-state index is -0.690. The van der Waals surface area contributed by atoms with Crippen molar-refractivity contribution in [1.29, 1.82) is 0 Å². The van der Waals surface area contributed by atoms with Crippen LogP contribution in [0.4, 0.5) is 0 Å². The van der Waals surface area contributed by atoms with Crippen LogP contribution >= 0.6 is 11.6 Å². The smallest absolute Gasteiger partial charge is 0.337 e. The van der Waals surface area contributed by atoms with Crippen molar-refractivity contribution in [3.8, 4) is 0 Å². The van der Waals surface area contributed by atoms with E-state index in [2.05, 4.69) is 20.4 Å². The number of carbonyl (C=O) groups is 2. The van der Waals surface area contributed by atoms with E-state index in [0.717, 1.165) is 25.7 Å². The molecule has 0 N–H and O–H groups in total. The van der Waals surface area contributed by atoms with E-state index in [-0.39, 0.29) is 35.3 Å². The Morgan fingerprint density at radius 2 is 2.00 bits per heavy atom. The zero-order valence-corrected chi connectivity index (χ0v) is 20.3. The molecule has 2 heterocycles. The molecule has 4 aliphatic rings. The summed E-state index contributed by atoms with van der Waals surface area (Å²) in [5.74, 6) is -1.12. The van der Waals surface area contributed by atoms with Crippen LogP contribution in [0.25, 0.3) is 0 Å². The van der Waals surface area contributed by atoms with Crippen LogP contribution in [0.3, 0.4) is 0 Å². The van der Waals surface area contributed by atoms with Crippen LogP contribution in [0, 0.1) is 22.7 Å². The minimum absolute atomic E-state index is 0.0245. The lowest BCUT2D eigenvalue weighted by atomic mass is 9.46. The highest BCUT2D eigenvalue weighted by Gasteiger charge is 2.60. The number of alkyl halides is 1. The van der Waals surface area contributed by atoms with Crippen LogP contribution in [0.2, 0.25) is 0 Å². The quantitative estimate of drug-likeness (QED) is 0.262. The Morgan fingerprint density at radius 1 is 1.25 bits per heavy atom. The van der Waals surface area contributed by atoms with Crippen molar-refractivity contribution in [3.05, 3.63) is 23.8 Å². The third-order valence-corrected chi connectivity index (χ3v) is 8.60. The van der Waals surface area contributed by atoms with E-state index in [1.54, 1.807) is 0 Å². The molecule has 7 heteroatoms. The summed E-state index contributed by atoms with van der Waals surface area (Å²) in [6.45, 7) is 13.8. The first kappa shape index (κ1) is 23.8. The summed E-state index contributed by atoms with van der Waals surface area (Å²) in [5.41, 5.74) is 1.60. The highest BCUT2D eigenvalue weighted by atomic mass is 35.5. The van der Waals surface area contributed by atoms with Gasteiger partial charge in [-0.25, -0.2) is 4.79 Å². The van der Waals surface area contributed by atoms with Crippen LogP contribution in [0.5, 0.6) is 0 Å². The monoisotopic (exact) mass is 466 g/mol. The second-order valence-electron chi connectivity index (χ2n) is 10.8. The van der Waals surface area contributed by atoms with Gasteiger partial charge in [-0.2, -0.15) is 0 Å². The Kier molecular flexibility index (Phi) is 6.27. The molecule has 0 aromatic heterocycles. The molecule has 4 fully saturated rings. The summed E-state index contributed by atoms with van der Waals surface area (Å²) in [6.07, 6.45) is 6.10. The average Bonchev–Trinajstić information content (AvgIpc) is 3.07. The first-order valence-corrected chi connectivity index (χ1v) is 12.2. The summed E-state index contributed by atoms with van der Waals surface area (Å²) in [7, 11) is 0. The van der Waals surface area contributed by atoms with Crippen molar-refractivity contribution in [3.63, 3.8) is 0 Å². The van der Waals surface area contributed by atoms with Gasteiger partial charge in [-0.15, -0.1) is 11.6 Å². The lowest BCUT2D eigenvalue weighted by Crippen LogP contribution is -2.62. The topological polar surface area (TPSA) is 71.1 Å². The Morgan fingerprint density at radius 3 is 2.72 bits per heavy atom. The molecule has 6 nitrogen and oxygen atoms in total. The number of hydrogen-bond donors (Lipinski definition) is 0. The number of allylic oxidation sites excluding steroid dienone is 2. The number of cyclic esters (lactones) is 1. The van der Waals surface area contributed by atoms with E-state index >= 15 is 0 Å². The Hall–Kier alpha value is -1.37. The molecule has 0 amide bonds. The fraction of sp³-hybridized carbons (Fsp3) is 0.760. The van der Waals surface area contributed by atoms with Gasteiger partial charge in [-0.3, -0.25) is 4.79 Å². The van der Waals surface area contributed by atoms with E-state index in [1.165, 1.54) is 5.57 Å². The van der Waals surface area contributed by atoms with Crippen LogP contribution < -0.4 is 0 Å². The molecular formula is C25H35ClO6. The second kappa shape index (κ2) is 8.44. The molecule has 0 radical (unpaired) electrons. The van der Waals surface area contributed by atoms with Gasteiger partial charge >= 0.3 is 11.9 Å². The fourth-order valence-corrected chi connectivity index (χ4v) is 6.77. The van der Waals surface area contributed by atoms with Gasteiger partial charge in [0, 0.05) is 5.41 Å². The molecule has 2 saturated carbocycles. The molecule has 2 aliphatic carbocycles. The molecule has 0 aromatic rings. The normalized spacial score (nSPS) is 42.2. The van der Waals surface area contributed by atoms with E-state index in [0.29, 0.717) is 24.5 Å². The van der Waals surface area contributed by atoms with Gasteiger partial charge in [0.2, 0.25) is 0 Å². The number of fused-ring (bicyclic) bond motifs is 3. The van der Waals surface area contributed by atoms with Crippen molar-refractivity contribution in [2.45, 2.75) is 77.8 Å². The number of halogens is 1.